The number of benzene rings is 3. The second-order valence-electron chi connectivity index (χ2n) is 7.91. The second-order valence-corrected chi connectivity index (χ2v) is 7.91. The van der Waals surface area contributed by atoms with Gasteiger partial charge in [-0.15, -0.1) is 0 Å². The van der Waals surface area contributed by atoms with Gasteiger partial charge in [0.25, 0.3) is 11.6 Å². The first kappa shape index (κ1) is 24.4. The van der Waals surface area contributed by atoms with E-state index in [0.29, 0.717) is 35.1 Å². The van der Waals surface area contributed by atoms with Crippen LogP contribution in [0.5, 0.6) is 17.2 Å². The number of rotatable bonds is 10. The van der Waals surface area contributed by atoms with Crippen molar-refractivity contribution in [3.63, 3.8) is 0 Å². The molecule has 0 bridgehead atoms. The van der Waals surface area contributed by atoms with Crippen molar-refractivity contribution in [1.29, 1.82) is 0 Å². The van der Waals surface area contributed by atoms with E-state index in [0.717, 1.165) is 11.1 Å². The predicted molar refractivity (Wildman–Crippen MR) is 132 cm³/mol. The number of hydrogen-bond donors (Lipinski definition) is 3. The summed E-state index contributed by atoms with van der Waals surface area (Å²) >= 11 is 0. The van der Waals surface area contributed by atoms with Gasteiger partial charge in [-0.25, -0.2) is 0 Å². The van der Waals surface area contributed by atoms with Crippen molar-refractivity contribution in [2.45, 2.75) is 13.5 Å². The minimum Gasteiger partial charge on any atom is -0.488 e. The van der Waals surface area contributed by atoms with E-state index in [2.05, 4.69) is 15.5 Å². The number of amides is 1. The Morgan fingerprint density at radius 2 is 1.81 bits per heavy atom. The van der Waals surface area contributed by atoms with Crippen molar-refractivity contribution in [3.8, 4) is 28.5 Å². The van der Waals surface area contributed by atoms with E-state index in [-0.39, 0.29) is 24.5 Å². The summed E-state index contributed by atoms with van der Waals surface area (Å²) in [6, 6.07) is 20.6. The zero-order valence-electron chi connectivity index (χ0n) is 19.4. The van der Waals surface area contributed by atoms with Gasteiger partial charge in [0.1, 0.15) is 23.9 Å². The quantitative estimate of drug-likeness (QED) is 0.222. The van der Waals surface area contributed by atoms with Crippen LogP contribution in [0.2, 0.25) is 0 Å². The summed E-state index contributed by atoms with van der Waals surface area (Å²) in [5.41, 5.74) is 2.92. The number of nitrogens with zero attached hydrogens (tertiary/aromatic N) is 2. The van der Waals surface area contributed by atoms with Gasteiger partial charge in [0, 0.05) is 18.7 Å². The third kappa shape index (κ3) is 5.86. The molecule has 0 atom stereocenters. The molecule has 1 heterocycles. The van der Waals surface area contributed by atoms with Crippen LogP contribution in [0.15, 0.2) is 72.8 Å². The van der Waals surface area contributed by atoms with E-state index in [1.54, 1.807) is 12.1 Å². The molecule has 0 aliphatic rings. The van der Waals surface area contributed by atoms with Crippen molar-refractivity contribution in [1.82, 2.24) is 15.5 Å². The highest BCUT2D eigenvalue weighted by atomic mass is 16.6. The summed E-state index contributed by atoms with van der Waals surface area (Å²) in [5, 5.41) is 29.5. The molecule has 0 aliphatic carbocycles. The lowest BCUT2D eigenvalue weighted by atomic mass is 10.1. The van der Waals surface area contributed by atoms with Crippen molar-refractivity contribution >= 4 is 11.6 Å². The van der Waals surface area contributed by atoms with Crippen LogP contribution < -0.4 is 14.8 Å². The van der Waals surface area contributed by atoms with Crippen LogP contribution in [-0.4, -0.2) is 39.3 Å². The van der Waals surface area contributed by atoms with Crippen LogP contribution in [0.3, 0.4) is 0 Å². The molecule has 0 saturated carbocycles. The smallest absolute Gasteiger partial charge is 0.271 e. The number of aromatic nitrogens is 2. The van der Waals surface area contributed by atoms with Gasteiger partial charge in [-0.05, 0) is 48.4 Å². The summed E-state index contributed by atoms with van der Waals surface area (Å²) in [6.07, 6.45) is 0. The molecule has 1 aromatic heterocycles. The third-order valence-corrected chi connectivity index (χ3v) is 5.20. The fourth-order valence-electron chi connectivity index (χ4n) is 3.51. The molecule has 4 aromatic rings. The second kappa shape index (κ2) is 11.2. The lowest BCUT2D eigenvalue weighted by Gasteiger charge is -2.17. The monoisotopic (exact) mass is 488 g/mol. The average Bonchev–Trinajstić information content (AvgIpc) is 3.36. The van der Waals surface area contributed by atoms with Crippen molar-refractivity contribution in [3.05, 3.63) is 99.7 Å². The van der Waals surface area contributed by atoms with Crippen LogP contribution in [0.1, 0.15) is 21.6 Å². The number of aromatic amines is 1. The van der Waals surface area contributed by atoms with Gasteiger partial charge in [0.15, 0.2) is 5.69 Å². The van der Waals surface area contributed by atoms with Gasteiger partial charge in [-0.2, -0.15) is 5.10 Å². The summed E-state index contributed by atoms with van der Waals surface area (Å²) in [5.74, 6) is 0.866. The highest BCUT2D eigenvalue weighted by Crippen LogP contribution is 2.41. The topological polar surface area (TPSA) is 140 Å². The maximum Gasteiger partial charge on any atom is 0.271 e. The number of carbonyl (C=O) groups excluding carboxylic acids is 1. The number of H-pyrrole nitrogens is 1. The number of nitro benzene ring substituents is 1. The fraction of sp³-hybridized carbons (Fsp3) is 0.154. The largest absolute Gasteiger partial charge is 0.488 e. The van der Waals surface area contributed by atoms with E-state index in [4.69, 9.17) is 14.6 Å². The van der Waals surface area contributed by atoms with Gasteiger partial charge in [0.2, 0.25) is 0 Å². The summed E-state index contributed by atoms with van der Waals surface area (Å²) in [6.45, 7) is 2.10. The SMILES string of the molecule is Cc1cc(OCc2ccccc2)c(-c2cc(C(=O)NCCO)n[nH]2)c(Oc2ccc([N+](=O)[O-])cc2)c1. The minimum absolute atomic E-state index is 0.0502. The lowest BCUT2D eigenvalue weighted by Crippen LogP contribution is -2.26. The molecular weight excluding hydrogens is 464 g/mol. The van der Waals surface area contributed by atoms with Crippen molar-refractivity contribution in [2.24, 2.45) is 0 Å². The highest BCUT2D eigenvalue weighted by molar-refractivity contribution is 5.93. The molecule has 3 N–H and O–H groups in total. The molecule has 36 heavy (non-hydrogen) atoms. The van der Waals surface area contributed by atoms with Gasteiger partial charge >= 0.3 is 0 Å². The van der Waals surface area contributed by atoms with Crippen LogP contribution in [0.4, 0.5) is 5.69 Å². The fourth-order valence-corrected chi connectivity index (χ4v) is 3.51. The van der Waals surface area contributed by atoms with Crippen LogP contribution in [-0.2, 0) is 6.61 Å². The van der Waals surface area contributed by atoms with Crippen molar-refractivity contribution in [2.75, 3.05) is 13.2 Å². The van der Waals surface area contributed by atoms with Gasteiger partial charge in [0.05, 0.1) is 22.8 Å². The zero-order valence-corrected chi connectivity index (χ0v) is 19.4. The average molecular weight is 489 g/mol. The van der Waals surface area contributed by atoms with Crippen LogP contribution in [0, 0.1) is 17.0 Å². The Morgan fingerprint density at radius 1 is 1.08 bits per heavy atom. The predicted octanol–water partition coefficient (Wildman–Crippen LogP) is 4.39. The number of carbonyl (C=O) groups is 1. The Hall–Kier alpha value is -4.70. The third-order valence-electron chi connectivity index (χ3n) is 5.20. The number of aliphatic hydroxyl groups excluding tert-OH is 1. The molecule has 184 valence electrons. The van der Waals surface area contributed by atoms with E-state index in [9.17, 15) is 14.9 Å². The first-order chi connectivity index (χ1) is 17.4. The Balaban J connectivity index is 1.72. The number of hydrogen-bond acceptors (Lipinski definition) is 7. The summed E-state index contributed by atoms with van der Waals surface area (Å²) in [7, 11) is 0. The first-order valence-corrected chi connectivity index (χ1v) is 11.1. The number of aryl methyl sites for hydroxylation is 1. The number of nitro groups is 1. The first-order valence-electron chi connectivity index (χ1n) is 11.1. The van der Waals surface area contributed by atoms with Gasteiger partial charge < -0.3 is 19.9 Å². The molecule has 10 nitrogen and oxygen atoms in total. The maximum atomic E-state index is 12.3. The van der Waals surface area contributed by atoms with E-state index >= 15 is 0 Å². The molecule has 0 radical (unpaired) electrons. The lowest BCUT2D eigenvalue weighted by molar-refractivity contribution is -0.384. The van der Waals surface area contributed by atoms with E-state index in [1.807, 2.05) is 43.3 Å². The minimum atomic E-state index is -0.481. The zero-order chi connectivity index (χ0) is 25.5. The molecule has 10 heteroatoms. The molecule has 3 aromatic carbocycles. The van der Waals surface area contributed by atoms with Gasteiger partial charge in [-0.1, -0.05) is 30.3 Å². The Labute approximate surface area is 206 Å². The molecule has 0 saturated heterocycles. The highest BCUT2D eigenvalue weighted by Gasteiger charge is 2.20. The Morgan fingerprint density at radius 3 is 2.50 bits per heavy atom. The molecule has 0 spiro atoms. The van der Waals surface area contributed by atoms with Crippen LogP contribution in [0.25, 0.3) is 11.3 Å². The molecule has 1 amide bonds. The normalized spacial score (nSPS) is 10.6. The summed E-state index contributed by atoms with van der Waals surface area (Å²) in [4.78, 5) is 22.9. The Kier molecular flexibility index (Phi) is 7.57. The molecule has 0 aliphatic heterocycles. The maximum absolute atomic E-state index is 12.3. The number of non-ortho nitro benzene ring substituents is 1. The summed E-state index contributed by atoms with van der Waals surface area (Å²) < 4.78 is 12.3. The molecule has 0 fully saturated rings. The van der Waals surface area contributed by atoms with E-state index < -0.39 is 10.8 Å². The molecular formula is C26H24N4O6. The standard InChI is InChI=1S/C26H24N4O6/c1-17-13-23(35-16-18-5-3-2-4-6-18)25(21-15-22(29-28-21)26(32)27-11-12-31)24(14-17)36-20-9-7-19(8-10-20)30(33)34/h2-10,13-15,31H,11-12,16H2,1H3,(H,27,32)(H,28,29). The Bertz CT molecular complexity index is 1350. The van der Waals surface area contributed by atoms with Crippen molar-refractivity contribution < 1.29 is 24.3 Å². The number of aliphatic hydroxyl groups is 1. The van der Waals surface area contributed by atoms with E-state index in [1.165, 1.54) is 24.3 Å². The number of ether oxygens (including phenoxy) is 2. The molecule has 0 unspecified atom stereocenters. The molecule has 4 rings (SSSR count). The van der Waals surface area contributed by atoms with Crippen LogP contribution >= 0.6 is 0 Å². The number of nitrogens with one attached hydrogen (secondary N) is 2. The van der Waals surface area contributed by atoms with Gasteiger partial charge in [-0.3, -0.25) is 20.0 Å².